The summed E-state index contributed by atoms with van der Waals surface area (Å²) in [6.45, 7) is 6.58. The van der Waals surface area contributed by atoms with Crippen molar-refractivity contribution in [1.29, 1.82) is 0 Å². The van der Waals surface area contributed by atoms with Crippen molar-refractivity contribution in [2.45, 2.75) is 39.3 Å². The SMILES string of the molecule is CCNC(C)CC(=O)NC(C)c1cc(F)ccc1OC. The minimum Gasteiger partial charge on any atom is -0.496 e. The van der Waals surface area contributed by atoms with Crippen molar-refractivity contribution in [3.05, 3.63) is 29.6 Å². The quantitative estimate of drug-likeness (QED) is 0.807. The molecule has 1 aromatic rings. The van der Waals surface area contributed by atoms with E-state index in [-0.39, 0.29) is 23.8 Å². The Morgan fingerprint density at radius 2 is 2.10 bits per heavy atom. The number of hydrogen-bond acceptors (Lipinski definition) is 3. The second-order valence-corrected chi connectivity index (χ2v) is 4.84. The molecule has 0 aliphatic carbocycles. The molecule has 2 unspecified atom stereocenters. The molecule has 0 radical (unpaired) electrons. The minimum absolute atomic E-state index is 0.0720. The van der Waals surface area contributed by atoms with E-state index in [1.54, 1.807) is 6.07 Å². The number of ether oxygens (including phenoxy) is 1. The van der Waals surface area contributed by atoms with Crippen LogP contribution in [0.1, 0.15) is 38.8 Å². The molecule has 0 fully saturated rings. The van der Waals surface area contributed by atoms with Crippen LogP contribution in [0.3, 0.4) is 0 Å². The van der Waals surface area contributed by atoms with Crippen LogP contribution in [0.5, 0.6) is 5.75 Å². The molecule has 0 aliphatic rings. The molecule has 0 saturated heterocycles. The van der Waals surface area contributed by atoms with Crippen LogP contribution >= 0.6 is 0 Å². The van der Waals surface area contributed by atoms with Gasteiger partial charge in [-0.2, -0.15) is 0 Å². The third-order valence-corrected chi connectivity index (χ3v) is 3.08. The molecule has 0 spiro atoms. The van der Waals surface area contributed by atoms with Gasteiger partial charge in [0.2, 0.25) is 5.91 Å². The van der Waals surface area contributed by atoms with Crippen molar-refractivity contribution in [1.82, 2.24) is 10.6 Å². The van der Waals surface area contributed by atoms with Crippen molar-refractivity contribution in [3.63, 3.8) is 0 Å². The van der Waals surface area contributed by atoms with Crippen molar-refractivity contribution in [3.8, 4) is 5.75 Å². The lowest BCUT2D eigenvalue weighted by atomic mass is 10.1. The number of carbonyl (C=O) groups excluding carboxylic acids is 1. The van der Waals surface area contributed by atoms with Gasteiger partial charge < -0.3 is 15.4 Å². The van der Waals surface area contributed by atoms with E-state index in [1.165, 1.54) is 19.2 Å². The van der Waals surface area contributed by atoms with Crippen LogP contribution in [0.15, 0.2) is 18.2 Å². The molecule has 0 aliphatic heterocycles. The Labute approximate surface area is 119 Å². The molecule has 20 heavy (non-hydrogen) atoms. The van der Waals surface area contributed by atoms with E-state index >= 15 is 0 Å². The molecule has 0 saturated carbocycles. The second kappa shape index (κ2) is 7.85. The number of halogens is 1. The number of benzene rings is 1. The molecule has 0 aromatic heterocycles. The van der Waals surface area contributed by atoms with Gasteiger partial charge in [-0.05, 0) is 38.6 Å². The molecule has 1 rings (SSSR count). The number of amides is 1. The Morgan fingerprint density at radius 3 is 2.70 bits per heavy atom. The first kappa shape index (κ1) is 16.4. The molecular weight excluding hydrogens is 259 g/mol. The molecule has 5 heteroatoms. The number of carbonyl (C=O) groups is 1. The summed E-state index contributed by atoms with van der Waals surface area (Å²) < 4.78 is 18.5. The Bertz CT molecular complexity index is 451. The lowest BCUT2D eigenvalue weighted by Crippen LogP contribution is -2.34. The molecule has 0 heterocycles. The first-order valence-corrected chi connectivity index (χ1v) is 6.84. The smallest absolute Gasteiger partial charge is 0.222 e. The van der Waals surface area contributed by atoms with E-state index < -0.39 is 0 Å². The third-order valence-electron chi connectivity index (χ3n) is 3.08. The van der Waals surface area contributed by atoms with E-state index in [4.69, 9.17) is 4.74 Å². The highest BCUT2D eigenvalue weighted by Gasteiger charge is 2.16. The van der Waals surface area contributed by atoms with Crippen LogP contribution in [-0.4, -0.2) is 25.6 Å². The van der Waals surface area contributed by atoms with Crippen LogP contribution < -0.4 is 15.4 Å². The van der Waals surface area contributed by atoms with Gasteiger partial charge in [-0.15, -0.1) is 0 Å². The molecular formula is C15H23FN2O2. The fourth-order valence-corrected chi connectivity index (χ4v) is 2.12. The number of hydrogen-bond donors (Lipinski definition) is 2. The Kier molecular flexibility index (Phi) is 6.45. The molecule has 0 bridgehead atoms. The molecule has 1 aromatic carbocycles. The zero-order chi connectivity index (χ0) is 15.1. The van der Waals surface area contributed by atoms with Crippen LogP contribution in [0.4, 0.5) is 4.39 Å². The van der Waals surface area contributed by atoms with Gasteiger partial charge in [-0.25, -0.2) is 4.39 Å². The highest BCUT2D eigenvalue weighted by molar-refractivity contribution is 5.77. The maximum atomic E-state index is 13.3. The zero-order valence-corrected chi connectivity index (χ0v) is 12.5. The largest absolute Gasteiger partial charge is 0.496 e. The predicted molar refractivity (Wildman–Crippen MR) is 77.3 cm³/mol. The average Bonchev–Trinajstić information content (AvgIpc) is 2.38. The first-order chi connectivity index (χ1) is 9.47. The van der Waals surface area contributed by atoms with Gasteiger partial charge >= 0.3 is 0 Å². The van der Waals surface area contributed by atoms with Gasteiger partial charge in [0.05, 0.1) is 13.2 Å². The number of nitrogens with one attached hydrogen (secondary N) is 2. The van der Waals surface area contributed by atoms with Crippen LogP contribution in [-0.2, 0) is 4.79 Å². The maximum Gasteiger partial charge on any atom is 0.222 e. The summed E-state index contributed by atoms with van der Waals surface area (Å²) in [5.74, 6) is 0.152. The fourth-order valence-electron chi connectivity index (χ4n) is 2.12. The summed E-state index contributed by atoms with van der Waals surface area (Å²) >= 11 is 0. The summed E-state index contributed by atoms with van der Waals surface area (Å²) in [7, 11) is 1.53. The Balaban J connectivity index is 2.68. The maximum absolute atomic E-state index is 13.3. The first-order valence-electron chi connectivity index (χ1n) is 6.84. The number of rotatable bonds is 7. The van der Waals surface area contributed by atoms with Crippen molar-refractivity contribution in [2.24, 2.45) is 0 Å². The van der Waals surface area contributed by atoms with Crippen LogP contribution in [0.2, 0.25) is 0 Å². The van der Waals surface area contributed by atoms with Crippen LogP contribution in [0.25, 0.3) is 0 Å². The third kappa shape index (κ3) is 4.81. The summed E-state index contributed by atoms with van der Waals surface area (Å²) in [6.07, 6.45) is 0.385. The van der Waals surface area contributed by atoms with Crippen molar-refractivity contribution < 1.29 is 13.9 Å². The van der Waals surface area contributed by atoms with Gasteiger partial charge in [-0.1, -0.05) is 6.92 Å². The average molecular weight is 282 g/mol. The monoisotopic (exact) mass is 282 g/mol. The summed E-state index contributed by atoms with van der Waals surface area (Å²) in [4.78, 5) is 11.9. The molecule has 1 amide bonds. The molecule has 4 nitrogen and oxygen atoms in total. The van der Waals surface area contributed by atoms with Gasteiger partial charge in [0.25, 0.3) is 0 Å². The molecule has 112 valence electrons. The van der Waals surface area contributed by atoms with E-state index in [2.05, 4.69) is 10.6 Å². The normalized spacial score (nSPS) is 13.7. The second-order valence-electron chi connectivity index (χ2n) is 4.84. The molecule has 2 N–H and O–H groups in total. The lowest BCUT2D eigenvalue weighted by molar-refractivity contribution is -0.122. The lowest BCUT2D eigenvalue weighted by Gasteiger charge is -2.19. The topological polar surface area (TPSA) is 50.4 Å². The standard InChI is InChI=1S/C15H23FN2O2/c1-5-17-10(2)8-15(19)18-11(3)13-9-12(16)6-7-14(13)20-4/h6-7,9-11,17H,5,8H2,1-4H3,(H,18,19). The van der Waals surface area contributed by atoms with Gasteiger partial charge in [-0.3, -0.25) is 4.79 Å². The van der Waals surface area contributed by atoms with Gasteiger partial charge in [0.15, 0.2) is 0 Å². The van der Waals surface area contributed by atoms with Crippen LogP contribution in [0, 0.1) is 5.82 Å². The summed E-state index contributed by atoms with van der Waals surface area (Å²) in [6, 6.07) is 4.10. The Hall–Kier alpha value is -1.62. The van der Waals surface area contributed by atoms with E-state index in [0.29, 0.717) is 17.7 Å². The fraction of sp³-hybridized carbons (Fsp3) is 0.533. The number of methoxy groups -OCH3 is 1. The predicted octanol–water partition coefficient (Wildman–Crippen LogP) is 2.40. The highest BCUT2D eigenvalue weighted by Crippen LogP contribution is 2.25. The van der Waals surface area contributed by atoms with E-state index in [1.807, 2.05) is 20.8 Å². The highest BCUT2D eigenvalue weighted by atomic mass is 19.1. The summed E-state index contributed by atoms with van der Waals surface area (Å²) in [5.41, 5.74) is 0.636. The van der Waals surface area contributed by atoms with Gasteiger partial charge in [0.1, 0.15) is 11.6 Å². The van der Waals surface area contributed by atoms with Gasteiger partial charge in [0, 0.05) is 18.0 Å². The van der Waals surface area contributed by atoms with Crippen molar-refractivity contribution >= 4 is 5.91 Å². The van der Waals surface area contributed by atoms with E-state index in [0.717, 1.165) is 6.54 Å². The van der Waals surface area contributed by atoms with E-state index in [9.17, 15) is 9.18 Å². The zero-order valence-electron chi connectivity index (χ0n) is 12.5. The Morgan fingerprint density at radius 1 is 1.40 bits per heavy atom. The minimum atomic E-state index is -0.345. The van der Waals surface area contributed by atoms with Crippen molar-refractivity contribution in [2.75, 3.05) is 13.7 Å². The molecule has 2 atom stereocenters. The summed E-state index contributed by atoms with van der Waals surface area (Å²) in [5, 5.41) is 6.04.